The molecular formula is C14H8BrFN2O2. The van der Waals surface area contributed by atoms with Crippen molar-refractivity contribution in [2.24, 2.45) is 0 Å². The van der Waals surface area contributed by atoms with Gasteiger partial charge in [0.05, 0.1) is 10.0 Å². The van der Waals surface area contributed by atoms with Crippen molar-refractivity contribution in [2.75, 3.05) is 0 Å². The molecule has 0 saturated carbocycles. The second-order valence-electron chi connectivity index (χ2n) is 4.07. The summed E-state index contributed by atoms with van der Waals surface area (Å²) in [6, 6.07) is 11.1. The Labute approximate surface area is 122 Å². The fourth-order valence-electron chi connectivity index (χ4n) is 1.76. The quantitative estimate of drug-likeness (QED) is 0.769. The topological polar surface area (TPSA) is 59.2 Å². The fourth-order valence-corrected chi connectivity index (χ4v) is 2.20. The van der Waals surface area contributed by atoms with Gasteiger partial charge in [0.15, 0.2) is 0 Å². The van der Waals surface area contributed by atoms with E-state index in [0.29, 0.717) is 17.0 Å². The highest BCUT2D eigenvalue weighted by Crippen LogP contribution is 2.30. The van der Waals surface area contributed by atoms with E-state index in [0.717, 1.165) is 0 Å². The molecule has 1 heterocycles. The summed E-state index contributed by atoms with van der Waals surface area (Å²) >= 11 is 3.15. The van der Waals surface area contributed by atoms with E-state index < -0.39 is 5.82 Å². The third-order valence-corrected chi connectivity index (χ3v) is 3.52. The van der Waals surface area contributed by atoms with Gasteiger partial charge in [-0.3, -0.25) is 0 Å². The number of benzene rings is 2. The fraction of sp³-hybridized carbons (Fsp3) is 0. The Morgan fingerprint density at radius 2 is 1.95 bits per heavy atom. The van der Waals surface area contributed by atoms with Crippen LogP contribution in [0.25, 0.3) is 22.8 Å². The van der Waals surface area contributed by atoms with E-state index in [1.165, 1.54) is 12.1 Å². The molecule has 0 atom stereocenters. The number of phenols is 1. The predicted molar refractivity (Wildman–Crippen MR) is 74.5 cm³/mol. The van der Waals surface area contributed by atoms with Crippen LogP contribution in [-0.4, -0.2) is 15.2 Å². The van der Waals surface area contributed by atoms with E-state index in [1.807, 2.05) is 0 Å². The number of aromatic nitrogens is 2. The zero-order valence-electron chi connectivity index (χ0n) is 10.0. The monoisotopic (exact) mass is 334 g/mol. The summed E-state index contributed by atoms with van der Waals surface area (Å²) < 4.78 is 18.9. The highest BCUT2D eigenvalue weighted by Gasteiger charge is 2.15. The number of hydrogen-bond acceptors (Lipinski definition) is 4. The van der Waals surface area contributed by atoms with Gasteiger partial charge in [-0.15, -0.1) is 0 Å². The van der Waals surface area contributed by atoms with Gasteiger partial charge in [-0.25, -0.2) is 4.39 Å². The third kappa shape index (κ3) is 2.30. The molecule has 0 unspecified atom stereocenters. The molecule has 6 heteroatoms. The minimum Gasteiger partial charge on any atom is -0.508 e. The average molecular weight is 335 g/mol. The summed E-state index contributed by atoms with van der Waals surface area (Å²) in [7, 11) is 0. The Morgan fingerprint density at radius 1 is 1.15 bits per heavy atom. The molecule has 2 aromatic carbocycles. The first-order valence-electron chi connectivity index (χ1n) is 5.72. The largest absolute Gasteiger partial charge is 0.508 e. The van der Waals surface area contributed by atoms with Crippen molar-refractivity contribution in [3.8, 4) is 28.6 Å². The maximum absolute atomic E-state index is 13.5. The van der Waals surface area contributed by atoms with Gasteiger partial charge in [0.2, 0.25) is 5.82 Å². The number of nitrogens with zero attached hydrogens (tertiary/aromatic N) is 2. The minimum absolute atomic E-state index is 0.112. The van der Waals surface area contributed by atoms with Crippen molar-refractivity contribution in [1.82, 2.24) is 10.1 Å². The predicted octanol–water partition coefficient (Wildman–Crippen LogP) is 4.01. The van der Waals surface area contributed by atoms with Crippen LogP contribution in [0, 0.1) is 5.82 Å². The Hall–Kier alpha value is -2.21. The van der Waals surface area contributed by atoms with E-state index >= 15 is 0 Å². The molecule has 0 saturated heterocycles. The molecule has 3 aromatic rings. The average Bonchev–Trinajstić information content (AvgIpc) is 2.91. The lowest BCUT2D eigenvalue weighted by Gasteiger charge is -1.99. The summed E-state index contributed by atoms with van der Waals surface area (Å²) in [6.45, 7) is 0. The smallest absolute Gasteiger partial charge is 0.259 e. The zero-order chi connectivity index (χ0) is 14.1. The van der Waals surface area contributed by atoms with E-state index in [9.17, 15) is 9.50 Å². The summed E-state index contributed by atoms with van der Waals surface area (Å²) in [5, 5.41) is 13.3. The maximum atomic E-state index is 13.5. The maximum Gasteiger partial charge on any atom is 0.259 e. The van der Waals surface area contributed by atoms with Crippen LogP contribution in [0.3, 0.4) is 0 Å². The highest BCUT2D eigenvalue weighted by molar-refractivity contribution is 9.10. The number of halogens is 2. The lowest BCUT2D eigenvalue weighted by Crippen LogP contribution is -1.84. The van der Waals surface area contributed by atoms with Gasteiger partial charge in [-0.05, 0) is 40.2 Å². The van der Waals surface area contributed by atoms with Crippen LogP contribution < -0.4 is 0 Å². The van der Waals surface area contributed by atoms with E-state index in [4.69, 9.17) is 4.52 Å². The molecule has 0 spiro atoms. The van der Waals surface area contributed by atoms with Crippen LogP contribution in [0.1, 0.15) is 0 Å². The SMILES string of the molecule is Oc1cccc(-c2noc(-c3cccc(F)c3Br)n2)c1. The first-order chi connectivity index (χ1) is 9.65. The van der Waals surface area contributed by atoms with E-state index in [1.54, 1.807) is 30.3 Å². The van der Waals surface area contributed by atoms with Gasteiger partial charge in [0.1, 0.15) is 11.6 Å². The molecule has 0 aliphatic heterocycles. The van der Waals surface area contributed by atoms with Gasteiger partial charge in [0, 0.05) is 5.56 Å². The van der Waals surface area contributed by atoms with Crippen molar-refractivity contribution in [1.29, 1.82) is 0 Å². The second kappa shape index (κ2) is 5.05. The Morgan fingerprint density at radius 3 is 2.75 bits per heavy atom. The normalized spacial score (nSPS) is 10.7. The molecule has 0 aliphatic carbocycles. The Kier molecular flexibility index (Phi) is 3.23. The molecule has 1 aromatic heterocycles. The van der Waals surface area contributed by atoms with Crippen LogP contribution >= 0.6 is 15.9 Å². The summed E-state index contributed by atoms with van der Waals surface area (Å²) in [5.74, 6) is 0.238. The summed E-state index contributed by atoms with van der Waals surface area (Å²) in [4.78, 5) is 4.21. The Balaban J connectivity index is 2.04. The molecule has 0 bridgehead atoms. The molecule has 0 aliphatic rings. The number of rotatable bonds is 2. The molecule has 4 nitrogen and oxygen atoms in total. The van der Waals surface area contributed by atoms with Gasteiger partial charge < -0.3 is 9.63 Å². The molecular weight excluding hydrogens is 327 g/mol. The molecule has 0 amide bonds. The summed E-state index contributed by atoms with van der Waals surface area (Å²) in [6.07, 6.45) is 0. The standard InChI is InChI=1S/C14H8BrFN2O2/c15-12-10(5-2-6-11(12)16)14-17-13(18-20-14)8-3-1-4-9(19)7-8/h1-7,19H. The van der Waals surface area contributed by atoms with Gasteiger partial charge in [0.25, 0.3) is 5.89 Å². The summed E-state index contributed by atoms with van der Waals surface area (Å²) in [5.41, 5.74) is 1.09. The molecule has 0 radical (unpaired) electrons. The lowest BCUT2D eigenvalue weighted by atomic mass is 10.2. The first-order valence-corrected chi connectivity index (χ1v) is 6.52. The molecule has 3 rings (SSSR count). The van der Waals surface area contributed by atoms with E-state index in [2.05, 4.69) is 26.1 Å². The minimum atomic E-state index is -0.403. The molecule has 100 valence electrons. The number of phenolic OH excluding ortho intramolecular Hbond substituents is 1. The van der Waals surface area contributed by atoms with Crippen molar-refractivity contribution >= 4 is 15.9 Å². The highest BCUT2D eigenvalue weighted by atomic mass is 79.9. The van der Waals surface area contributed by atoms with Gasteiger partial charge in [-0.1, -0.05) is 23.4 Å². The van der Waals surface area contributed by atoms with Crippen LogP contribution in [0.5, 0.6) is 5.75 Å². The number of hydrogen-bond donors (Lipinski definition) is 1. The Bertz CT molecular complexity index is 773. The second-order valence-corrected chi connectivity index (χ2v) is 4.87. The lowest BCUT2D eigenvalue weighted by molar-refractivity contribution is 0.431. The van der Waals surface area contributed by atoms with Crippen molar-refractivity contribution in [2.45, 2.75) is 0 Å². The third-order valence-electron chi connectivity index (χ3n) is 2.71. The number of aromatic hydroxyl groups is 1. The molecule has 0 fully saturated rings. The zero-order valence-corrected chi connectivity index (χ0v) is 11.6. The first kappa shape index (κ1) is 12.8. The molecule has 1 N–H and O–H groups in total. The van der Waals surface area contributed by atoms with Crippen LogP contribution in [0.15, 0.2) is 51.5 Å². The van der Waals surface area contributed by atoms with Crippen molar-refractivity contribution in [3.05, 3.63) is 52.8 Å². The van der Waals surface area contributed by atoms with Gasteiger partial charge in [-0.2, -0.15) is 4.98 Å². The van der Waals surface area contributed by atoms with Crippen LogP contribution in [0.2, 0.25) is 0 Å². The van der Waals surface area contributed by atoms with Crippen LogP contribution in [-0.2, 0) is 0 Å². The van der Waals surface area contributed by atoms with Crippen LogP contribution in [0.4, 0.5) is 4.39 Å². The van der Waals surface area contributed by atoms with Crippen molar-refractivity contribution in [3.63, 3.8) is 0 Å². The van der Waals surface area contributed by atoms with Crippen molar-refractivity contribution < 1.29 is 14.0 Å². The van der Waals surface area contributed by atoms with Gasteiger partial charge >= 0.3 is 0 Å². The molecule has 20 heavy (non-hydrogen) atoms. The van der Waals surface area contributed by atoms with E-state index in [-0.39, 0.29) is 16.1 Å².